The fourth-order valence-corrected chi connectivity index (χ4v) is 3.04. The first-order chi connectivity index (χ1) is 14.8. The van der Waals surface area contributed by atoms with Crippen molar-refractivity contribution in [3.8, 4) is 11.3 Å². The molecule has 0 unspecified atom stereocenters. The number of pyridine rings is 1. The predicted molar refractivity (Wildman–Crippen MR) is 114 cm³/mol. The molecular formula is C20H29F3N6O2. The van der Waals surface area contributed by atoms with Crippen molar-refractivity contribution in [3.63, 3.8) is 0 Å². The smallest absolute Gasteiger partial charge is 0.384 e. The standard InChI is InChI=1S/C14H14F3N5O2.C4H9N.C2H6/c15-14(16,17)9-5-11(18)19-7-8(9)10-6-12(23)21-13(20-10)22-1-3-24-4-2-22;1-2-4-5-3-1;1-2/h5-7H,1-4H2,(H2,18,19)(H,20,21,23);5H,1-4H2;1-2H3. The first kappa shape index (κ1) is 24.6. The van der Waals surface area contributed by atoms with Crippen LogP contribution >= 0.6 is 0 Å². The van der Waals surface area contributed by atoms with Crippen molar-refractivity contribution < 1.29 is 17.9 Å². The van der Waals surface area contributed by atoms with Crippen LogP contribution in [0.25, 0.3) is 11.3 Å². The minimum Gasteiger partial charge on any atom is -0.384 e. The van der Waals surface area contributed by atoms with Crippen molar-refractivity contribution in [2.75, 3.05) is 50.0 Å². The van der Waals surface area contributed by atoms with E-state index in [4.69, 9.17) is 10.5 Å². The Morgan fingerprint density at radius 3 is 2.32 bits per heavy atom. The van der Waals surface area contributed by atoms with Gasteiger partial charge in [-0.3, -0.25) is 9.78 Å². The summed E-state index contributed by atoms with van der Waals surface area (Å²) in [7, 11) is 0. The van der Waals surface area contributed by atoms with Crippen LogP contribution in [-0.2, 0) is 10.9 Å². The quantitative estimate of drug-likeness (QED) is 0.656. The molecule has 2 aromatic rings. The number of aromatic nitrogens is 3. The van der Waals surface area contributed by atoms with Crippen molar-refractivity contribution in [2.24, 2.45) is 0 Å². The maximum Gasteiger partial charge on any atom is 0.417 e. The second kappa shape index (κ2) is 11.7. The van der Waals surface area contributed by atoms with Crippen molar-refractivity contribution in [3.05, 3.63) is 34.2 Å². The first-order valence-corrected chi connectivity index (χ1v) is 10.3. The maximum atomic E-state index is 13.2. The lowest BCUT2D eigenvalue weighted by Gasteiger charge is -2.27. The third-order valence-electron chi connectivity index (χ3n) is 4.50. The molecule has 0 saturated carbocycles. The second-order valence-corrected chi connectivity index (χ2v) is 6.66. The Bertz CT molecular complexity index is 870. The number of nitrogen functional groups attached to an aromatic ring is 1. The molecule has 2 fully saturated rings. The molecule has 0 radical (unpaired) electrons. The van der Waals surface area contributed by atoms with Crippen LogP contribution in [0.4, 0.5) is 24.9 Å². The van der Waals surface area contributed by atoms with Crippen molar-refractivity contribution in [2.45, 2.75) is 32.9 Å². The minimum atomic E-state index is -4.64. The number of nitrogens with two attached hydrogens (primary N) is 1. The summed E-state index contributed by atoms with van der Waals surface area (Å²) in [6.07, 6.45) is -0.890. The molecule has 4 rings (SSSR count). The monoisotopic (exact) mass is 442 g/mol. The summed E-state index contributed by atoms with van der Waals surface area (Å²) < 4.78 is 44.9. The second-order valence-electron chi connectivity index (χ2n) is 6.66. The van der Waals surface area contributed by atoms with Crippen LogP contribution in [0, 0.1) is 0 Å². The molecule has 2 aromatic heterocycles. The highest BCUT2D eigenvalue weighted by Gasteiger charge is 2.35. The summed E-state index contributed by atoms with van der Waals surface area (Å²) in [5.74, 6) is -0.0601. The fraction of sp³-hybridized carbons (Fsp3) is 0.550. The molecule has 4 heterocycles. The molecule has 2 saturated heterocycles. The van der Waals surface area contributed by atoms with E-state index >= 15 is 0 Å². The molecule has 2 aliphatic heterocycles. The number of nitrogens with zero attached hydrogens (tertiary/aromatic N) is 3. The summed E-state index contributed by atoms with van der Waals surface area (Å²) in [6.45, 7) is 8.37. The van der Waals surface area contributed by atoms with Gasteiger partial charge in [-0.25, -0.2) is 9.97 Å². The van der Waals surface area contributed by atoms with E-state index in [1.54, 1.807) is 4.90 Å². The highest BCUT2D eigenvalue weighted by molar-refractivity contribution is 5.66. The van der Waals surface area contributed by atoms with Crippen LogP contribution in [0.5, 0.6) is 0 Å². The number of hydrogen-bond acceptors (Lipinski definition) is 7. The van der Waals surface area contributed by atoms with Gasteiger partial charge in [-0.2, -0.15) is 13.2 Å². The van der Waals surface area contributed by atoms with Crippen molar-refractivity contribution in [1.82, 2.24) is 20.3 Å². The Balaban J connectivity index is 0.000000420. The van der Waals surface area contributed by atoms with Gasteiger partial charge in [0.25, 0.3) is 5.56 Å². The average Bonchev–Trinajstić information content (AvgIpc) is 3.35. The normalized spacial score (nSPS) is 16.1. The first-order valence-electron chi connectivity index (χ1n) is 10.3. The van der Waals surface area contributed by atoms with Crippen LogP contribution < -0.4 is 21.5 Å². The molecule has 2 aliphatic rings. The lowest BCUT2D eigenvalue weighted by Crippen LogP contribution is -2.38. The number of H-pyrrole nitrogens is 1. The van der Waals surface area contributed by atoms with Gasteiger partial charge in [-0.1, -0.05) is 13.8 Å². The molecule has 0 atom stereocenters. The number of alkyl halides is 3. The molecule has 0 aliphatic carbocycles. The number of ether oxygens (including phenoxy) is 1. The molecule has 4 N–H and O–H groups in total. The fourth-order valence-electron chi connectivity index (χ4n) is 3.04. The van der Waals surface area contributed by atoms with Crippen molar-refractivity contribution in [1.29, 1.82) is 0 Å². The lowest BCUT2D eigenvalue weighted by atomic mass is 10.1. The van der Waals surface area contributed by atoms with Crippen LogP contribution in [0.3, 0.4) is 0 Å². The van der Waals surface area contributed by atoms with E-state index in [9.17, 15) is 18.0 Å². The van der Waals surface area contributed by atoms with E-state index in [0.29, 0.717) is 26.3 Å². The number of halogens is 3. The number of rotatable bonds is 2. The molecule has 11 heteroatoms. The van der Waals surface area contributed by atoms with Gasteiger partial charge in [-0.05, 0) is 32.0 Å². The number of nitrogens with one attached hydrogen (secondary N) is 2. The van der Waals surface area contributed by atoms with Gasteiger partial charge < -0.3 is 20.7 Å². The largest absolute Gasteiger partial charge is 0.417 e. The highest BCUT2D eigenvalue weighted by Crippen LogP contribution is 2.36. The van der Waals surface area contributed by atoms with E-state index < -0.39 is 17.3 Å². The predicted octanol–water partition coefficient (Wildman–Crippen LogP) is 2.67. The molecule has 0 spiro atoms. The molecule has 0 amide bonds. The third kappa shape index (κ3) is 7.21. The number of hydrogen-bond donors (Lipinski definition) is 3. The number of morpholine rings is 1. The van der Waals surface area contributed by atoms with Crippen LogP contribution in [0.2, 0.25) is 0 Å². The van der Waals surface area contributed by atoms with Gasteiger partial charge in [0, 0.05) is 30.9 Å². The lowest BCUT2D eigenvalue weighted by molar-refractivity contribution is -0.137. The van der Waals surface area contributed by atoms with Gasteiger partial charge in [0.2, 0.25) is 5.95 Å². The molecule has 0 bridgehead atoms. The Kier molecular flexibility index (Phi) is 9.25. The van der Waals surface area contributed by atoms with Crippen LogP contribution in [0.1, 0.15) is 32.3 Å². The number of anilines is 2. The van der Waals surface area contributed by atoms with Crippen LogP contribution in [-0.4, -0.2) is 54.3 Å². The minimum absolute atomic E-state index is 0.111. The molecule has 0 aromatic carbocycles. The zero-order chi connectivity index (χ0) is 22.9. The Labute approximate surface area is 179 Å². The van der Waals surface area contributed by atoms with E-state index in [1.807, 2.05) is 13.8 Å². The van der Waals surface area contributed by atoms with Crippen molar-refractivity contribution >= 4 is 11.8 Å². The van der Waals surface area contributed by atoms with Gasteiger partial charge in [0.05, 0.1) is 24.5 Å². The van der Waals surface area contributed by atoms with Gasteiger partial charge >= 0.3 is 6.18 Å². The SMILES string of the molecule is C1CCNC1.CC.Nc1cc(C(F)(F)F)c(-c2cc(=O)[nH]c(N3CCOCC3)n2)cn1. The summed E-state index contributed by atoms with van der Waals surface area (Å²) in [4.78, 5) is 24.0. The molecule has 31 heavy (non-hydrogen) atoms. The van der Waals surface area contributed by atoms with E-state index in [-0.39, 0.29) is 23.0 Å². The van der Waals surface area contributed by atoms with E-state index in [0.717, 1.165) is 18.3 Å². The van der Waals surface area contributed by atoms with E-state index in [1.165, 1.54) is 25.9 Å². The molecule has 172 valence electrons. The summed E-state index contributed by atoms with van der Waals surface area (Å²) in [6, 6.07) is 1.74. The zero-order valence-corrected chi connectivity index (χ0v) is 17.8. The zero-order valence-electron chi connectivity index (χ0n) is 17.8. The average molecular weight is 442 g/mol. The summed E-state index contributed by atoms with van der Waals surface area (Å²) >= 11 is 0. The Morgan fingerprint density at radius 2 is 1.77 bits per heavy atom. The summed E-state index contributed by atoms with van der Waals surface area (Å²) in [5, 5.41) is 3.22. The summed E-state index contributed by atoms with van der Waals surface area (Å²) in [5.41, 5.74) is 3.42. The number of aromatic amines is 1. The third-order valence-corrected chi connectivity index (χ3v) is 4.50. The Hall–Kier alpha value is -2.66. The van der Waals surface area contributed by atoms with Crippen LogP contribution in [0.15, 0.2) is 23.1 Å². The van der Waals surface area contributed by atoms with Gasteiger partial charge in [-0.15, -0.1) is 0 Å². The van der Waals surface area contributed by atoms with Gasteiger partial charge in [0.15, 0.2) is 0 Å². The topological polar surface area (TPSA) is 109 Å². The highest BCUT2D eigenvalue weighted by atomic mass is 19.4. The Morgan fingerprint density at radius 1 is 1.13 bits per heavy atom. The van der Waals surface area contributed by atoms with E-state index in [2.05, 4.69) is 20.3 Å². The molecule has 8 nitrogen and oxygen atoms in total. The molecular weight excluding hydrogens is 413 g/mol. The maximum absolute atomic E-state index is 13.2. The van der Waals surface area contributed by atoms with Gasteiger partial charge in [0.1, 0.15) is 5.82 Å².